The fourth-order valence-electron chi connectivity index (χ4n) is 2.22. The smallest absolute Gasteiger partial charge is 0.223 e. The second-order valence-electron chi connectivity index (χ2n) is 5.69. The maximum atomic E-state index is 12.0. The molecule has 0 aliphatic heterocycles. The Hall–Kier alpha value is -1.88. The van der Waals surface area contributed by atoms with Crippen LogP contribution >= 0.6 is 11.6 Å². The van der Waals surface area contributed by atoms with Crippen LogP contribution in [0.1, 0.15) is 30.6 Å². The maximum Gasteiger partial charge on any atom is 0.223 e. The minimum atomic E-state index is -1.16. The summed E-state index contributed by atoms with van der Waals surface area (Å²) in [7, 11) is 0. The molecule has 2 aromatic rings. The van der Waals surface area contributed by atoms with Gasteiger partial charge in [-0.2, -0.15) is 0 Å². The van der Waals surface area contributed by atoms with E-state index in [0.717, 1.165) is 5.56 Å². The maximum absolute atomic E-state index is 12.0. The van der Waals surface area contributed by atoms with E-state index in [1.54, 1.807) is 43.3 Å². The fraction of sp³-hybridized carbons (Fsp3) is 0.278. The topological polar surface area (TPSA) is 69.6 Å². The first-order valence-electron chi connectivity index (χ1n) is 7.36. The van der Waals surface area contributed by atoms with Crippen LogP contribution in [0.3, 0.4) is 0 Å². The number of carbonyl (C=O) groups is 1. The van der Waals surface area contributed by atoms with Crippen molar-refractivity contribution in [2.75, 3.05) is 6.54 Å². The van der Waals surface area contributed by atoms with Crippen LogP contribution in [0.2, 0.25) is 5.02 Å². The molecule has 1 amide bonds. The highest BCUT2D eigenvalue weighted by molar-refractivity contribution is 6.30. The molecule has 0 aliphatic carbocycles. The van der Waals surface area contributed by atoms with Crippen molar-refractivity contribution in [1.82, 2.24) is 5.32 Å². The zero-order valence-corrected chi connectivity index (χ0v) is 13.6. The molecule has 2 atom stereocenters. The number of hydrogen-bond donors (Lipinski definition) is 3. The Kier molecular flexibility index (Phi) is 5.77. The molecule has 3 N–H and O–H groups in total. The van der Waals surface area contributed by atoms with Crippen LogP contribution in [-0.2, 0) is 10.4 Å². The molecule has 0 fully saturated rings. The van der Waals surface area contributed by atoms with Crippen molar-refractivity contribution in [3.63, 3.8) is 0 Å². The van der Waals surface area contributed by atoms with Crippen molar-refractivity contribution in [2.24, 2.45) is 0 Å². The van der Waals surface area contributed by atoms with E-state index < -0.39 is 11.7 Å². The highest BCUT2D eigenvalue weighted by Gasteiger charge is 2.24. The van der Waals surface area contributed by atoms with Gasteiger partial charge in [-0.3, -0.25) is 4.79 Å². The number of carbonyl (C=O) groups excluding carboxylic acids is 1. The Labute approximate surface area is 140 Å². The number of hydrogen-bond acceptors (Lipinski definition) is 3. The molecule has 0 saturated carbocycles. The number of aliphatic hydroxyl groups is 2. The quantitative estimate of drug-likeness (QED) is 0.761. The molecule has 0 bridgehead atoms. The first-order valence-corrected chi connectivity index (χ1v) is 7.74. The summed E-state index contributed by atoms with van der Waals surface area (Å²) >= 11 is 5.79. The van der Waals surface area contributed by atoms with Gasteiger partial charge in [0.1, 0.15) is 5.60 Å². The molecule has 2 rings (SSSR count). The molecule has 2 unspecified atom stereocenters. The third kappa shape index (κ3) is 5.06. The van der Waals surface area contributed by atoms with Crippen molar-refractivity contribution >= 4 is 17.5 Å². The molecule has 0 radical (unpaired) electrons. The van der Waals surface area contributed by atoms with Gasteiger partial charge >= 0.3 is 0 Å². The van der Waals surface area contributed by atoms with Gasteiger partial charge in [0, 0.05) is 5.02 Å². The highest BCUT2D eigenvalue weighted by Crippen LogP contribution is 2.21. The van der Waals surface area contributed by atoms with Gasteiger partial charge in [-0.25, -0.2) is 0 Å². The molecular formula is C18H20ClNO3. The minimum Gasteiger partial charge on any atom is -0.388 e. The van der Waals surface area contributed by atoms with Crippen molar-refractivity contribution in [3.05, 3.63) is 70.7 Å². The van der Waals surface area contributed by atoms with Crippen molar-refractivity contribution in [3.8, 4) is 0 Å². The lowest BCUT2D eigenvalue weighted by atomic mass is 9.96. The molecule has 0 aromatic heterocycles. The summed E-state index contributed by atoms with van der Waals surface area (Å²) in [5.74, 6) is -0.330. The van der Waals surface area contributed by atoms with Crippen LogP contribution in [0.25, 0.3) is 0 Å². The second kappa shape index (κ2) is 7.59. The molecule has 0 heterocycles. The molecule has 0 spiro atoms. The predicted molar refractivity (Wildman–Crippen MR) is 90.1 cm³/mol. The Morgan fingerprint density at radius 1 is 1.17 bits per heavy atom. The lowest BCUT2D eigenvalue weighted by Gasteiger charge is -2.24. The standard InChI is InChI=1S/C18H20ClNO3/c1-18(23,14-5-3-2-4-6-14)12-20-17(22)11-16(21)13-7-9-15(19)10-8-13/h2-10,16,21,23H,11-12H2,1H3,(H,20,22). The first-order chi connectivity index (χ1) is 10.9. The molecule has 4 nitrogen and oxygen atoms in total. The summed E-state index contributed by atoms with van der Waals surface area (Å²) in [6.07, 6.45) is -0.985. The number of rotatable bonds is 6. The van der Waals surface area contributed by atoms with Gasteiger partial charge in [0.25, 0.3) is 0 Å². The van der Waals surface area contributed by atoms with Crippen molar-refractivity contribution < 1.29 is 15.0 Å². The van der Waals surface area contributed by atoms with E-state index in [9.17, 15) is 15.0 Å². The van der Waals surface area contributed by atoms with E-state index in [2.05, 4.69) is 5.32 Å². The van der Waals surface area contributed by atoms with Gasteiger partial charge in [0.15, 0.2) is 0 Å². The SMILES string of the molecule is CC(O)(CNC(=O)CC(O)c1ccc(Cl)cc1)c1ccccc1. The number of halogens is 1. The second-order valence-corrected chi connectivity index (χ2v) is 6.12. The summed E-state index contributed by atoms with van der Waals surface area (Å²) in [6, 6.07) is 15.8. The van der Waals surface area contributed by atoms with E-state index in [1.165, 1.54) is 0 Å². The number of aliphatic hydroxyl groups excluding tert-OH is 1. The summed E-state index contributed by atoms with van der Waals surface area (Å²) in [4.78, 5) is 12.0. The van der Waals surface area contributed by atoms with E-state index >= 15 is 0 Å². The Balaban J connectivity index is 1.88. The average Bonchev–Trinajstić information content (AvgIpc) is 2.54. The lowest BCUT2D eigenvalue weighted by molar-refractivity contribution is -0.124. The highest BCUT2D eigenvalue weighted by atomic mass is 35.5. The van der Waals surface area contributed by atoms with Gasteiger partial charge in [-0.15, -0.1) is 0 Å². The minimum absolute atomic E-state index is 0.0726. The van der Waals surface area contributed by atoms with Crippen molar-refractivity contribution in [2.45, 2.75) is 25.0 Å². The summed E-state index contributed by atoms with van der Waals surface area (Å²) in [5.41, 5.74) is 0.181. The first kappa shape index (κ1) is 17.5. The van der Waals surface area contributed by atoms with E-state index in [-0.39, 0.29) is 18.9 Å². The van der Waals surface area contributed by atoms with E-state index in [1.807, 2.05) is 18.2 Å². The summed E-state index contributed by atoms with van der Waals surface area (Å²) in [6.45, 7) is 1.71. The van der Waals surface area contributed by atoms with E-state index in [4.69, 9.17) is 11.6 Å². The summed E-state index contributed by atoms with van der Waals surface area (Å²) < 4.78 is 0. The van der Waals surface area contributed by atoms with Gasteiger partial charge < -0.3 is 15.5 Å². The van der Waals surface area contributed by atoms with Gasteiger partial charge in [0.05, 0.1) is 19.1 Å². The van der Waals surface area contributed by atoms with Gasteiger partial charge in [0.2, 0.25) is 5.91 Å². The number of benzene rings is 2. The average molecular weight is 334 g/mol. The number of amides is 1. The lowest BCUT2D eigenvalue weighted by Crippen LogP contribution is -2.39. The molecule has 0 aliphatic rings. The molecule has 5 heteroatoms. The molecule has 0 saturated heterocycles. The van der Waals surface area contributed by atoms with Gasteiger partial charge in [-0.05, 0) is 30.2 Å². The summed E-state index contributed by atoms with van der Waals surface area (Å²) in [5, 5.41) is 23.7. The normalized spacial score (nSPS) is 14.8. The van der Waals surface area contributed by atoms with Crippen LogP contribution in [0.15, 0.2) is 54.6 Å². The number of nitrogens with one attached hydrogen (secondary N) is 1. The third-order valence-corrected chi connectivity index (χ3v) is 3.91. The van der Waals surface area contributed by atoms with Crippen LogP contribution in [0.5, 0.6) is 0 Å². The van der Waals surface area contributed by atoms with Gasteiger partial charge in [-0.1, -0.05) is 54.1 Å². The fourth-order valence-corrected chi connectivity index (χ4v) is 2.35. The Morgan fingerprint density at radius 2 is 1.78 bits per heavy atom. The molecule has 122 valence electrons. The van der Waals surface area contributed by atoms with Crippen LogP contribution in [0.4, 0.5) is 0 Å². The zero-order valence-electron chi connectivity index (χ0n) is 12.9. The molecule has 2 aromatic carbocycles. The third-order valence-electron chi connectivity index (χ3n) is 3.66. The molecule has 23 heavy (non-hydrogen) atoms. The Bertz CT molecular complexity index is 641. The van der Waals surface area contributed by atoms with Crippen LogP contribution in [-0.4, -0.2) is 22.7 Å². The monoisotopic (exact) mass is 333 g/mol. The van der Waals surface area contributed by atoms with Crippen LogP contribution in [0, 0.1) is 0 Å². The zero-order chi connectivity index (χ0) is 16.9. The van der Waals surface area contributed by atoms with E-state index in [0.29, 0.717) is 10.6 Å². The van der Waals surface area contributed by atoms with Crippen molar-refractivity contribution in [1.29, 1.82) is 0 Å². The molecular weight excluding hydrogens is 314 g/mol. The Morgan fingerprint density at radius 3 is 2.39 bits per heavy atom. The largest absolute Gasteiger partial charge is 0.388 e. The van der Waals surface area contributed by atoms with Crippen LogP contribution < -0.4 is 5.32 Å². The predicted octanol–water partition coefficient (Wildman–Crippen LogP) is 2.79.